The fourth-order valence-corrected chi connectivity index (χ4v) is 2.56. The van der Waals surface area contributed by atoms with E-state index in [0.717, 1.165) is 9.47 Å². The third-order valence-electron chi connectivity index (χ3n) is 3.74. The summed E-state index contributed by atoms with van der Waals surface area (Å²) in [6, 6.07) is 0.755. The van der Waals surface area contributed by atoms with Crippen molar-refractivity contribution < 1.29 is 27.6 Å². The van der Waals surface area contributed by atoms with Gasteiger partial charge in [-0.25, -0.2) is 4.79 Å². The van der Waals surface area contributed by atoms with Crippen molar-refractivity contribution >= 4 is 17.7 Å². The van der Waals surface area contributed by atoms with Gasteiger partial charge >= 0.3 is 12.2 Å². The number of halogens is 3. The van der Waals surface area contributed by atoms with Crippen LogP contribution < -0.4 is 0 Å². The number of urea groups is 1. The molecule has 1 aromatic rings. The van der Waals surface area contributed by atoms with E-state index < -0.39 is 37.0 Å². The Hall–Kier alpha value is -2.32. The molecule has 126 valence electrons. The summed E-state index contributed by atoms with van der Waals surface area (Å²) < 4.78 is 38.7. The van der Waals surface area contributed by atoms with Crippen molar-refractivity contribution in [1.82, 2.24) is 14.4 Å². The zero-order valence-electron chi connectivity index (χ0n) is 12.9. The minimum Gasteiger partial charge on any atom is -0.339 e. The molecule has 9 heteroatoms. The van der Waals surface area contributed by atoms with Gasteiger partial charge in [-0.2, -0.15) is 13.2 Å². The number of ketones is 1. The Labute approximate surface area is 130 Å². The van der Waals surface area contributed by atoms with Crippen LogP contribution in [0.3, 0.4) is 0 Å². The molecule has 6 nitrogen and oxygen atoms in total. The van der Waals surface area contributed by atoms with Crippen LogP contribution in [0.5, 0.6) is 0 Å². The number of alkyl halides is 3. The summed E-state index contributed by atoms with van der Waals surface area (Å²) in [5.41, 5.74) is 0.540. The van der Waals surface area contributed by atoms with Crippen LogP contribution in [0.1, 0.15) is 21.7 Å². The normalized spacial score (nSPS) is 15.7. The number of likely N-dealkylation sites (N-methyl/N-ethyl adjacent to an activating group) is 1. The topological polar surface area (TPSA) is 62.6 Å². The third-order valence-corrected chi connectivity index (χ3v) is 3.74. The number of carbonyl (C=O) groups excluding carboxylic acids is 3. The summed E-state index contributed by atoms with van der Waals surface area (Å²) >= 11 is 0. The zero-order chi connectivity index (χ0) is 17.5. The van der Waals surface area contributed by atoms with E-state index >= 15 is 0 Å². The van der Waals surface area contributed by atoms with Gasteiger partial charge in [-0.3, -0.25) is 14.5 Å². The molecule has 3 amide bonds. The highest BCUT2D eigenvalue weighted by Crippen LogP contribution is 2.23. The lowest BCUT2D eigenvalue weighted by atomic mass is 10.1. The number of rotatable bonds is 4. The summed E-state index contributed by atoms with van der Waals surface area (Å²) in [6.07, 6.45) is -4.40. The van der Waals surface area contributed by atoms with E-state index in [2.05, 4.69) is 0 Å². The van der Waals surface area contributed by atoms with Crippen LogP contribution in [0.4, 0.5) is 18.0 Å². The highest BCUT2D eigenvalue weighted by Gasteiger charge is 2.36. The summed E-state index contributed by atoms with van der Waals surface area (Å²) in [6.45, 7) is 1.10. The maximum atomic E-state index is 12.6. The Kier molecular flexibility index (Phi) is 4.23. The Bertz CT molecular complexity index is 679. The van der Waals surface area contributed by atoms with Crippen molar-refractivity contribution in [2.24, 2.45) is 0 Å². The number of hydrogen-bond donors (Lipinski definition) is 0. The first-order valence-electron chi connectivity index (χ1n) is 6.83. The van der Waals surface area contributed by atoms with E-state index in [1.165, 1.54) is 31.9 Å². The summed E-state index contributed by atoms with van der Waals surface area (Å²) in [5.74, 6) is -1.07. The molecule has 2 rings (SSSR count). The number of aryl methyl sites for hydroxylation is 1. The van der Waals surface area contributed by atoms with Crippen LogP contribution in [0.25, 0.3) is 0 Å². The molecular formula is C14H16F3N3O3. The molecule has 0 N–H and O–H groups in total. The average Bonchev–Trinajstić information content (AvgIpc) is 2.82. The van der Waals surface area contributed by atoms with E-state index in [1.807, 2.05) is 0 Å². The maximum absolute atomic E-state index is 12.6. The number of imide groups is 1. The standard InChI is InChI=1S/C14H16F3N3O3/c1-8-4-10(9(2)20(8)7-14(15,16)17)11(21)5-19-12(22)6-18(3)13(19)23/h4H,5-7H2,1-3H3. The predicted octanol–water partition coefficient (Wildman–Crippen LogP) is 1.74. The van der Waals surface area contributed by atoms with Gasteiger partial charge in [0.05, 0.1) is 6.54 Å². The summed E-state index contributed by atoms with van der Waals surface area (Å²) in [4.78, 5) is 37.7. The number of hydrogen-bond acceptors (Lipinski definition) is 3. The lowest BCUT2D eigenvalue weighted by Crippen LogP contribution is -2.36. The molecule has 0 aromatic carbocycles. The van der Waals surface area contributed by atoms with Gasteiger partial charge < -0.3 is 9.47 Å². The summed E-state index contributed by atoms with van der Waals surface area (Å²) in [5, 5.41) is 0. The number of amides is 3. The van der Waals surface area contributed by atoms with E-state index in [-0.39, 0.29) is 17.8 Å². The Morgan fingerprint density at radius 3 is 2.35 bits per heavy atom. The SMILES string of the molecule is Cc1cc(C(=O)CN2C(=O)CN(C)C2=O)c(C)n1CC(F)(F)F. The first-order valence-corrected chi connectivity index (χ1v) is 6.83. The van der Waals surface area contributed by atoms with E-state index in [1.54, 1.807) is 0 Å². The number of carbonyl (C=O) groups is 3. The molecule has 1 saturated heterocycles. The molecule has 0 atom stereocenters. The molecule has 0 aliphatic carbocycles. The van der Waals surface area contributed by atoms with Crippen molar-refractivity contribution in [2.45, 2.75) is 26.6 Å². The predicted molar refractivity (Wildman–Crippen MR) is 74.0 cm³/mol. The minimum absolute atomic E-state index is 0.0851. The van der Waals surface area contributed by atoms with Gasteiger partial charge in [0.25, 0.3) is 5.91 Å². The van der Waals surface area contributed by atoms with Crippen molar-refractivity contribution in [2.75, 3.05) is 20.1 Å². The van der Waals surface area contributed by atoms with E-state index in [4.69, 9.17) is 0 Å². The van der Waals surface area contributed by atoms with Gasteiger partial charge in [-0.15, -0.1) is 0 Å². The van der Waals surface area contributed by atoms with Crippen LogP contribution in [-0.2, 0) is 11.3 Å². The van der Waals surface area contributed by atoms with Crippen molar-refractivity contribution in [3.05, 3.63) is 23.0 Å². The number of nitrogens with zero attached hydrogens (tertiary/aromatic N) is 3. The Morgan fingerprint density at radius 2 is 1.87 bits per heavy atom. The number of aromatic nitrogens is 1. The van der Waals surface area contributed by atoms with Gasteiger partial charge in [0.15, 0.2) is 5.78 Å². The second kappa shape index (κ2) is 5.71. The molecule has 1 aliphatic rings. The monoisotopic (exact) mass is 331 g/mol. The molecular weight excluding hydrogens is 315 g/mol. The molecule has 0 unspecified atom stereocenters. The van der Waals surface area contributed by atoms with Crippen molar-refractivity contribution in [1.29, 1.82) is 0 Å². The molecule has 1 aromatic heterocycles. The number of Topliss-reactive ketones (excluding diaryl/α,β-unsaturated/α-hetero) is 1. The third kappa shape index (κ3) is 3.38. The zero-order valence-corrected chi connectivity index (χ0v) is 12.9. The van der Waals surface area contributed by atoms with Crippen LogP contribution in [0, 0.1) is 13.8 Å². The lowest BCUT2D eigenvalue weighted by molar-refractivity contribution is -0.141. The molecule has 1 fully saturated rings. The first kappa shape index (κ1) is 17.0. The van der Waals surface area contributed by atoms with Gasteiger partial charge in [-0.1, -0.05) is 0 Å². The van der Waals surface area contributed by atoms with Crippen LogP contribution >= 0.6 is 0 Å². The van der Waals surface area contributed by atoms with Gasteiger partial charge in [-0.05, 0) is 19.9 Å². The molecule has 0 bridgehead atoms. The van der Waals surface area contributed by atoms with Crippen LogP contribution in [0.15, 0.2) is 6.07 Å². The van der Waals surface area contributed by atoms with Crippen LogP contribution in [0.2, 0.25) is 0 Å². The maximum Gasteiger partial charge on any atom is 0.406 e. The van der Waals surface area contributed by atoms with E-state index in [9.17, 15) is 27.6 Å². The average molecular weight is 331 g/mol. The molecule has 0 radical (unpaired) electrons. The molecule has 2 heterocycles. The molecule has 0 spiro atoms. The van der Waals surface area contributed by atoms with Gasteiger partial charge in [0.1, 0.15) is 13.1 Å². The van der Waals surface area contributed by atoms with Gasteiger partial charge in [0, 0.05) is 24.0 Å². The highest BCUT2D eigenvalue weighted by atomic mass is 19.4. The quantitative estimate of drug-likeness (QED) is 0.624. The van der Waals surface area contributed by atoms with Crippen LogP contribution in [-0.4, -0.2) is 58.4 Å². The molecule has 0 saturated carbocycles. The minimum atomic E-state index is -4.40. The Balaban J connectivity index is 2.22. The first-order chi connectivity index (χ1) is 10.5. The van der Waals surface area contributed by atoms with E-state index in [0.29, 0.717) is 5.69 Å². The Morgan fingerprint density at radius 1 is 1.26 bits per heavy atom. The molecule has 23 heavy (non-hydrogen) atoms. The molecule has 1 aliphatic heterocycles. The van der Waals surface area contributed by atoms with Crippen molar-refractivity contribution in [3.8, 4) is 0 Å². The second-order valence-corrected chi connectivity index (χ2v) is 5.53. The highest BCUT2D eigenvalue weighted by molar-refractivity contribution is 6.08. The summed E-state index contributed by atoms with van der Waals surface area (Å²) in [7, 11) is 1.43. The largest absolute Gasteiger partial charge is 0.406 e. The fourth-order valence-electron chi connectivity index (χ4n) is 2.56. The van der Waals surface area contributed by atoms with Crippen molar-refractivity contribution in [3.63, 3.8) is 0 Å². The fraction of sp³-hybridized carbons (Fsp3) is 0.500. The second-order valence-electron chi connectivity index (χ2n) is 5.53. The lowest BCUT2D eigenvalue weighted by Gasteiger charge is -2.14. The smallest absolute Gasteiger partial charge is 0.339 e. The van der Waals surface area contributed by atoms with Gasteiger partial charge in [0.2, 0.25) is 0 Å².